The van der Waals surface area contributed by atoms with Crippen LogP contribution in [-0.4, -0.2) is 22.7 Å². The predicted octanol–water partition coefficient (Wildman–Crippen LogP) is 4.50. The topological polar surface area (TPSA) is 59.4 Å². The molecule has 2 rings (SSSR count). The Hall–Kier alpha value is -2.36. The second-order valence-electron chi connectivity index (χ2n) is 7.03. The zero-order valence-corrected chi connectivity index (χ0v) is 15.5. The summed E-state index contributed by atoms with van der Waals surface area (Å²) in [5, 5.41) is 9.69. The maximum absolute atomic E-state index is 11.8. The molecule has 1 heterocycles. The smallest absolute Gasteiger partial charge is 0.309 e. The summed E-state index contributed by atoms with van der Waals surface area (Å²) in [5.74, 6) is 0.0833. The van der Waals surface area contributed by atoms with Crippen molar-refractivity contribution >= 4 is 5.97 Å². The van der Waals surface area contributed by atoms with E-state index >= 15 is 0 Å². The fraction of sp³-hybridized carbons (Fsp3) is 0.429. The van der Waals surface area contributed by atoms with Gasteiger partial charge < -0.3 is 9.84 Å². The Morgan fingerprint density at radius 1 is 1.20 bits per heavy atom. The van der Waals surface area contributed by atoms with Crippen LogP contribution in [-0.2, 0) is 11.2 Å². The van der Waals surface area contributed by atoms with Gasteiger partial charge in [0, 0.05) is 17.8 Å². The van der Waals surface area contributed by atoms with Crippen molar-refractivity contribution in [2.24, 2.45) is 5.41 Å². The van der Waals surface area contributed by atoms with Crippen LogP contribution in [0.3, 0.4) is 0 Å². The summed E-state index contributed by atoms with van der Waals surface area (Å²) in [5.41, 5.74) is 3.13. The van der Waals surface area contributed by atoms with Gasteiger partial charge in [-0.25, -0.2) is 0 Å². The van der Waals surface area contributed by atoms with Crippen molar-refractivity contribution < 1.29 is 14.6 Å². The molecule has 1 unspecified atom stereocenters. The highest BCUT2D eigenvalue weighted by molar-refractivity contribution is 5.74. The molecule has 4 heteroatoms. The first-order valence-corrected chi connectivity index (χ1v) is 8.66. The van der Waals surface area contributed by atoms with Crippen LogP contribution >= 0.6 is 0 Å². The van der Waals surface area contributed by atoms with Crippen molar-refractivity contribution in [3.05, 3.63) is 58.9 Å². The van der Waals surface area contributed by atoms with Gasteiger partial charge >= 0.3 is 5.97 Å². The molecule has 0 fully saturated rings. The fourth-order valence-electron chi connectivity index (χ4n) is 2.88. The second-order valence-corrected chi connectivity index (χ2v) is 7.03. The number of benzene rings is 1. The number of nitrogens with zero attached hydrogens (tertiary/aromatic N) is 1. The maximum Gasteiger partial charge on any atom is 0.309 e. The van der Waals surface area contributed by atoms with Crippen LogP contribution in [0.1, 0.15) is 42.3 Å². The third-order valence-corrected chi connectivity index (χ3v) is 4.51. The third kappa shape index (κ3) is 5.31. The summed E-state index contributed by atoms with van der Waals surface area (Å²) in [6.07, 6.45) is 1.65. The van der Waals surface area contributed by atoms with E-state index in [9.17, 15) is 9.90 Å². The predicted molar refractivity (Wildman–Crippen MR) is 99.1 cm³/mol. The number of rotatable bonds is 8. The van der Waals surface area contributed by atoms with Gasteiger partial charge in [0.05, 0.1) is 12.0 Å². The van der Waals surface area contributed by atoms with E-state index in [2.05, 4.69) is 11.1 Å². The first-order valence-electron chi connectivity index (χ1n) is 8.66. The average molecular weight is 341 g/mol. The van der Waals surface area contributed by atoms with E-state index in [4.69, 9.17) is 4.74 Å². The van der Waals surface area contributed by atoms with Crippen LogP contribution < -0.4 is 4.74 Å². The normalized spacial score (nSPS) is 13.3. The standard InChI is InChI=1S/C21H27NO3/c1-15-9-10-16(2)19(13-15)25-12-6-11-21(4,20(23)24)14-18-8-5-7-17(3)22-18/h5,7-10,13H,6,11-12,14H2,1-4H3,(H,23,24). The Balaban J connectivity index is 1.95. The maximum atomic E-state index is 11.8. The van der Waals surface area contributed by atoms with Crippen LogP contribution in [0.25, 0.3) is 0 Å². The second kappa shape index (κ2) is 8.15. The SMILES string of the molecule is Cc1ccc(C)c(OCCCC(C)(Cc2cccc(C)n2)C(=O)O)c1. The number of ether oxygens (including phenoxy) is 1. The summed E-state index contributed by atoms with van der Waals surface area (Å²) >= 11 is 0. The number of pyridine rings is 1. The lowest BCUT2D eigenvalue weighted by Gasteiger charge is -2.24. The van der Waals surface area contributed by atoms with E-state index in [1.54, 1.807) is 6.92 Å². The molecule has 4 nitrogen and oxygen atoms in total. The van der Waals surface area contributed by atoms with E-state index in [1.807, 2.05) is 51.1 Å². The summed E-state index contributed by atoms with van der Waals surface area (Å²) in [7, 11) is 0. The lowest BCUT2D eigenvalue weighted by molar-refractivity contribution is -0.148. The van der Waals surface area contributed by atoms with Crippen molar-refractivity contribution in [2.75, 3.05) is 6.61 Å². The summed E-state index contributed by atoms with van der Waals surface area (Å²) in [6, 6.07) is 11.8. The molecule has 0 saturated carbocycles. The Morgan fingerprint density at radius 3 is 2.64 bits per heavy atom. The van der Waals surface area contributed by atoms with Crippen LogP contribution in [0, 0.1) is 26.2 Å². The van der Waals surface area contributed by atoms with Gasteiger partial charge in [-0.1, -0.05) is 18.2 Å². The van der Waals surface area contributed by atoms with E-state index < -0.39 is 11.4 Å². The highest BCUT2D eigenvalue weighted by Gasteiger charge is 2.33. The molecule has 0 amide bonds. The molecule has 1 aromatic carbocycles. The third-order valence-electron chi connectivity index (χ3n) is 4.51. The average Bonchev–Trinajstić information content (AvgIpc) is 2.54. The lowest BCUT2D eigenvalue weighted by atomic mass is 9.81. The largest absolute Gasteiger partial charge is 0.493 e. The minimum Gasteiger partial charge on any atom is -0.493 e. The number of aryl methyl sites for hydroxylation is 3. The first kappa shape index (κ1) is 19.0. The van der Waals surface area contributed by atoms with Crippen molar-refractivity contribution in [3.63, 3.8) is 0 Å². The molecule has 1 N–H and O–H groups in total. The van der Waals surface area contributed by atoms with E-state index in [0.717, 1.165) is 28.3 Å². The Morgan fingerprint density at radius 2 is 1.96 bits per heavy atom. The molecule has 0 spiro atoms. The molecule has 25 heavy (non-hydrogen) atoms. The number of hydrogen-bond acceptors (Lipinski definition) is 3. The number of hydrogen-bond donors (Lipinski definition) is 1. The molecule has 0 saturated heterocycles. The van der Waals surface area contributed by atoms with Gasteiger partial charge in [0.1, 0.15) is 5.75 Å². The van der Waals surface area contributed by atoms with E-state index in [-0.39, 0.29) is 0 Å². The van der Waals surface area contributed by atoms with Gasteiger partial charge in [0.2, 0.25) is 0 Å². The van der Waals surface area contributed by atoms with Crippen LogP contribution in [0.5, 0.6) is 5.75 Å². The van der Waals surface area contributed by atoms with Gasteiger partial charge in [-0.3, -0.25) is 9.78 Å². The van der Waals surface area contributed by atoms with Gasteiger partial charge in [0.15, 0.2) is 0 Å². The number of aliphatic carboxylic acids is 1. The monoisotopic (exact) mass is 341 g/mol. The van der Waals surface area contributed by atoms with Crippen LogP contribution in [0.4, 0.5) is 0 Å². The number of carboxylic acids is 1. The Kier molecular flexibility index (Phi) is 6.18. The molecule has 0 bridgehead atoms. The zero-order valence-electron chi connectivity index (χ0n) is 15.5. The fourth-order valence-corrected chi connectivity index (χ4v) is 2.88. The van der Waals surface area contributed by atoms with E-state index in [0.29, 0.717) is 25.9 Å². The van der Waals surface area contributed by atoms with Gasteiger partial charge in [-0.2, -0.15) is 0 Å². The molecule has 134 valence electrons. The zero-order chi connectivity index (χ0) is 18.4. The summed E-state index contributed by atoms with van der Waals surface area (Å²) < 4.78 is 5.85. The molecule has 1 aromatic heterocycles. The van der Waals surface area contributed by atoms with Crippen molar-refractivity contribution in [2.45, 2.75) is 47.0 Å². The minimum absolute atomic E-state index is 0.424. The molecular formula is C21H27NO3. The Bertz CT molecular complexity index is 742. The molecule has 0 aliphatic carbocycles. The number of aromatic nitrogens is 1. The molecule has 0 aliphatic rings. The number of carbonyl (C=O) groups is 1. The quantitative estimate of drug-likeness (QED) is 0.718. The highest BCUT2D eigenvalue weighted by atomic mass is 16.5. The Labute approximate surface area is 149 Å². The molecular weight excluding hydrogens is 314 g/mol. The molecule has 0 aliphatic heterocycles. The summed E-state index contributed by atoms with van der Waals surface area (Å²) in [4.78, 5) is 16.2. The molecule has 1 atom stereocenters. The van der Waals surface area contributed by atoms with Gasteiger partial charge in [-0.05, 0) is 69.9 Å². The van der Waals surface area contributed by atoms with E-state index in [1.165, 1.54) is 0 Å². The van der Waals surface area contributed by atoms with Gasteiger partial charge in [0.25, 0.3) is 0 Å². The van der Waals surface area contributed by atoms with Gasteiger partial charge in [-0.15, -0.1) is 0 Å². The molecule has 0 radical (unpaired) electrons. The minimum atomic E-state index is -0.841. The van der Waals surface area contributed by atoms with Crippen LogP contribution in [0.2, 0.25) is 0 Å². The summed E-state index contributed by atoms with van der Waals surface area (Å²) in [6.45, 7) is 8.26. The lowest BCUT2D eigenvalue weighted by Crippen LogP contribution is -2.31. The van der Waals surface area contributed by atoms with Crippen molar-refractivity contribution in [1.29, 1.82) is 0 Å². The van der Waals surface area contributed by atoms with Crippen LogP contribution in [0.15, 0.2) is 36.4 Å². The first-order chi connectivity index (χ1) is 11.8. The number of carboxylic acid groups (broad SMARTS) is 1. The molecule has 2 aromatic rings. The van der Waals surface area contributed by atoms with Crippen molar-refractivity contribution in [3.8, 4) is 5.75 Å². The highest BCUT2D eigenvalue weighted by Crippen LogP contribution is 2.29. The van der Waals surface area contributed by atoms with Crippen molar-refractivity contribution in [1.82, 2.24) is 4.98 Å².